The van der Waals surface area contributed by atoms with Crippen molar-refractivity contribution in [3.05, 3.63) is 30.1 Å². The number of aromatic nitrogens is 1. The standard InChI is InChI=1S/C13H17N3O5/c1-21-11(17)8-10(12(18)19)16-13(20)15-7-5-9-4-2-3-6-14-9/h2-4,6,10H,5,7-8H2,1H3,(H,18,19)(H2,15,16,20)/t10-/m0/s1. The zero-order valence-corrected chi connectivity index (χ0v) is 11.5. The lowest BCUT2D eigenvalue weighted by Gasteiger charge is -2.14. The predicted octanol–water partition coefficient (Wildman–Crippen LogP) is -0.0604. The molecule has 0 spiro atoms. The Kier molecular flexibility index (Phi) is 6.66. The van der Waals surface area contributed by atoms with Gasteiger partial charge in [-0.15, -0.1) is 0 Å². The molecular weight excluding hydrogens is 278 g/mol. The average Bonchev–Trinajstić information content (AvgIpc) is 2.47. The Bertz CT molecular complexity index is 492. The van der Waals surface area contributed by atoms with Crippen LogP contribution in [0.25, 0.3) is 0 Å². The summed E-state index contributed by atoms with van der Waals surface area (Å²) in [5, 5.41) is 13.6. The number of carbonyl (C=O) groups is 3. The third-order valence-electron chi connectivity index (χ3n) is 2.59. The molecule has 0 saturated heterocycles. The smallest absolute Gasteiger partial charge is 0.326 e. The third-order valence-corrected chi connectivity index (χ3v) is 2.59. The van der Waals surface area contributed by atoms with Crippen molar-refractivity contribution in [1.82, 2.24) is 15.6 Å². The number of aliphatic carboxylic acids is 1. The number of nitrogens with zero attached hydrogens (tertiary/aromatic N) is 1. The quantitative estimate of drug-likeness (QED) is 0.607. The number of pyridine rings is 1. The maximum absolute atomic E-state index is 11.6. The lowest BCUT2D eigenvalue weighted by Crippen LogP contribution is -2.47. The van der Waals surface area contributed by atoms with Gasteiger partial charge in [0.1, 0.15) is 6.04 Å². The lowest BCUT2D eigenvalue weighted by molar-refractivity contribution is -0.147. The first-order valence-corrected chi connectivity index (χ1v) is 6.27. The van der Waals surface area contributed by atoms with Crippen molar-refractivity contribution in [3.63, 3.8) is 0 Å². The van der Waals surface area contributed by atoms with Gasteiger partial charge in [0.2, 0.25) is 0 Å². The van der Waals surface area contributed by atoms with Crippen molar-refractivity contribution in [2.45, 2.75) is 18.9 Å². The van der Waals surface area contributed by atoms with Gasteiger partial charge in [-0.2, -0.15) is 0 Å². The first kappa shape index (κ1) is 16.4. The van der Waals surface area contributed by atoms with Gasteiger partial charge in [0.15, 0.2) is 0 Å². The molecular formula is C13H17N3O5. The van der Waals surface area contributed by atoms with Gasteiger partial charge < -0.3 is 20.5 Å². The van der Waals surface area contributed by atoms with Gasteiger partial charge in [-0.25, -0.2) is 9.59 Å². The van der Waals surface area contributed by atoms with Crippen molar-refractivity contribution < 1.29 is 24.2 Å². The van der Waals surface area contributed by atoms with E-state index in [0.29, 0.717) is 13.0 Å². The third kappa shape index (κ3) is 6.37. The molecule has 1 aromatic heterocycles. The molecule has 21 heavy (non-hydrogen) atoms. The molecule has 0 radical (unpaired) electrons. The van der Waals surface area contributed by atoms with Gasteiger partial charge in [-0.05, 0) is 12.1 Å². The van der Waals surface area contributed by atoms with Gasteiger partial charge in [0.25, 0.3) is 0 Å². The number of nitrogens with one attached hydrogen (secondary N) is 2. The number of rotatable bonds is 7. The Labute approximate surface area is 121 Å². The number of carbonyl (C=O) groups excluding carboxylic acids is 2. The van der Waals surface area contributed by atoms with Crippen LogP contribution in [0.1, 0.15) is 12.1 Å². The molecule has 114 valence electrons. The Morgan fingerprint density at radius 3 is 2.71 bits per heavy atom. The van der Waals surface area contributed by atoms with Crippen molar-refractivity contribution in [2.75, 3.05) is 13.7 Å². The minimum absolute atomic E-state index is 0.299. The molecule has 0 aromatic carbocycles. The Morgan fingerprint density at radius 1 is 1.38 bits per heavy atom. The number of hydrogen-bond donors (Lipinski definition) is 3. The number of methoxy groups -OCH3 is 1. The van der Waals surface area contributed by atoms with Crippen molar-refractivity contribution in [2.24, 2.45) is 0 Å². The van der Waals surface area contributed by atoms with Crippen molar-refractivity contribution in [3.8, 4) is 0 Å². The highest BCUT2D eigenvalue weighted by Crippen LogP contribution is 1.96. The van der Waals surface area contributed by atoms with Crippen LogP contribution in [0.4, 0.5) is 4.79 Å². The predicted molar refractivity (Wildman–Crippen MR) is 72.5 cm³/mol. The van der Waals surface area contributed by atoms with Crippen molar-refractivity contribution in [1.29, 1.82) is 0 Å². The van der Waals surface area contributed by atoms with Crippen molar-refractivity contribution >= 4 is 18.0 Å². The molecule has 0 unspecified atom stereocenters. The van der Waals surface area contributed by atoms with E-state index in [1.54, 1.807) is 12.3 Å². The maximum atomic E-state index is 11.6. The fourth-order valence-electron chi connectivity index (χ4n) is 1.51. The molecule has 8 nitrogen and oxygen atoms in total. The Balaban J connectivity index is 2.36. The van der Waals surface area contributed by atoms with Gasteiger partial charge >= 0.3 is 18.0 Å². The molecule has 0 fully saturated rings. The highest BCUT2D eigenvalue weighted by Gasteiger charge is 2.23. The van der Waals surface area contributed by atoms with Gasteiger partial charge in [0, 0.05) is 24.9 Å². The molecule has 1 atom stereocenters. The molecule has 1 aromatic rings. The zero-order valence-electron chi connectivity index (χ0n) is 11.5. The monoisotopic (exact) mass is 295 g/mol. The molecule has 1 rings (SSSR count). The molecule has 0 aliphatic rings. The van der Waals surface area contributed by atoms with E-state index < -0.39 is 30.4 Å². The summed E-state index contributed by atoms with van der Waals surface area (Å²) in [4.78, 5) is 37.6. The topological polar surface area (TPSA) is 118 Å². The number of esters is 1. The Hall–Kier alpha value is -2.64. The summed E-state index contributed by atoms with van der Waals surface area (Å²) in [5.74, 6) is -2.02. The van der Waals surface area contributed by atoms with Crippen LogP contribution in [-0.4, -0.2) is 47.8 Å². The molecule has 0 aliphatic heterocycles. The Morgan fingerprint density at radius 2 is 2.14 bits per heavy atom. The van der Waals surface area contributed by atoms with Crippen LogP contribution in [0, 0.1) is 0 Å². The fourth-order valence-corrected chi connectivity index (χ4v) is 1.51. The first-order valence-electron chi connectivity index (χ1n) is 6.27. The number of carboxylic acids is 1. The second kappa shape index (κ2) is 8.51. The highest BCUT2D eigenvalue weighted by molar-refractivity contribution is 5.86. The molecule has 0 bridgehead atoms. The number of hydrogen-bond acceptors (Lipinski definition) is 5. The summed E-state index contributed by atoms with van der Waals surface area (Å²) in [6.07, 6.45) is 1.73. The van der Waals surface area contributed by atoms with E-state index in [4.69, 9.17) is 5.11 Å². The molecule has 2 amide bonds. The second-order valence-corrected chi connectivity index (χ2v) is 4.14. The van der Waals surface area contributed by atoms with Crippen LogP contribution in [0.2, 0.25) is 0 Å². The van der Waals surface area contributed by atoms with Crippen LogP contribution < -0.4 is 10.6 Å². The van der Waals surface area contributed by atoms with Gasteiger partial charge in [-0.3, -0.25) is 9.78 Å². The fraction of sp³-hybridized carbons (Fsp3) is 0.385. The van der Waals surface area contributed by atoms with Gasteiger partial charge in [-0.1, -0.05) is 6.07 Å². The summed E-state index contributed by atoms with van der Waals surface area (Å²) < 4.78 is 4.37. The summed E-state index contributed by atoms with van der Waals surface area (Å²) in [5.41, 5.74) is 0.808. The van der Waals surface area contributed by atoms with E-state index in [2.05, 4.69) is 20.4 Å². The van der Waals surface area contributed by atoms with E-state index in [9.17, 15) is 14.4 Å². The number of ether oxygens (including phenoxy) is 1. The minimum Gasteiger partial charge on any atom is -0.480 e. The summed E-state index contributed by atoms with van der Waals surface area (Å²) in [6.45, 7) is 0.299. The maximum Gasteiger partial charge on any atom is 0.326 e. The molecule has 8 heteroatoms. The summed E-state index contributed by atoms with van der Waals surface area (Å²) >= 11 is 0. The van der Waals surface area contributed by atoms with Crippen LogP contribution in [-0.2, 0) is 20.7 Å². The van der Waals surface area contributed by atoms with Crippen LogP contribution in [0.5, 0.6) is 0 Å². The van der Waals surface area contributed by atoms with E-state index in [-0.39, 0.29) is 0 Å². The number of amides is 2. The summed E-state index contributed by atoms with van der Waals surface area (Å²) in [7, 11) is 1.15. The first-order chi connectivity index (χ1) is 10.0. The lowest BCUT2D eigenvalue weighted by atomic mass is 10.2. The van der Waals surface area contributed by atoms with Gasteiger partial charge in [0.05, 0.1) is 13.5 Å². The van der Waals surface area contributed by atoms with Crippen LogP contribution in [0.3, 0.4) is 0 Å². The molecule has 1 heterocycles. The molecule has 0 saturated carbocycles. The molecule has 0 aliphatic carbocycles. The normalized spacial score (nSPS) is 11.3. The van der Waals surface area contributed by atoms with E-state index in [0.717, 1.165) is 12.8 Å². The van der Waals surface area contributed by atoms with Crippen LogP contribution in [0.15, 0.2) is 24.4 Å². The van der Waals surface area contributed by atoms with E-state index >= 15 is 0 Å². The zero-order chi connectivity index (χ0) is 15.7. The van der Waals surface area contributed by atoms with Crippen LogP contribution >= 0.6 is 0 Å². The number of urea groups is 1. The largest absolute Gasteiger partial charge is 0.480 e. The summed E-state index contributed by atoms with van der Waals surface area (Å²) in [6, 6.07) is 3.44. The average molecular weight is 295 g/mol. The molecule has 3 N–H and O–H groups in total. The van der Waals surface area contributed by atoms with E-state index in [1.807, 2.05) is 12.1 Å². The minimum atomic E-state index is -1.33. The SMILES string of the molecule is COC(=O)C[C@H](NC(=O)NCCc1ccccn1)C(=O)O. The second-order valence-electron chi connectivity index (χ2n) is 4.14. The highest BCUT2D eigenvalue weighted by atomic mass is 16.5. The number of carboxylic acid groups (broad SMARTS) is 1. The van der Waals surface area contributed by atoms with E-state index in [1.165, 1.54) is 0 Å².